The summed E-state index contributed by atoms with van der Waals surface area (Å²) in [6.45, 7) is 13.3. The Balaban J connectivity index is 0.000000276. The van der Waals surface area contributed by atoms with Gasteiger partial charge in [0.15, 0.2) is 17.3 Å². The number of fused-ring (bicyclic) bond motifs is 6. The summed E-state index contributed by atoms with van der Waals surface area (Å²) in [4.78, 5) is 36.8. The average molecular weight is 1180 g/mol. The zero-order valence-corrected chi connectivity index (χ0v) is 41.6. The molecule has 6 fully saturated rings. The van der Waals surface area contributed by atoms with Crippen molar-refractivity contribution in [3.8, 4) is 0 Å². The quantitative estimate of drug-likeness (QED) is 0.148. The normalized spacial score (nSPS) is 32.8. The van der Waals surface area contributed by atoms with Crippen molar-refractivity contribution in [3.05, 3.63) is 34.0 Å². The summed E-state index contributed by atoms with van der Waals surface area (Å²) < 4.78 is 270. The first-order valence-corrected chi connectivity index (χ1v) is 20.5. The van der Waals surface area contributed by atoms with Gasteiger partial charge in [-0.1, -0.05) is 62.3 Å². The fourth-order valence-corrected chi connectivity index (χ4v) is 10.9. The second-order valence-electron chi connectivity index (χ2n) is 20.6. The van der Waals surface area contributed by atoms with Crippen LogP contribution in [0.25, 0.3) is 0 Å². The molecule has 6 saturated carbocycles. The van der Waals surface area contributed by atoms with Gasteiger partial charge in [0.05, 0.1) is 0 Å². The van der Waals surface area contributed by atoms with Crippen LogP contribution in [0.4, 0.5) is 92.2 Å². The van der Waals surface area contributed by atoms with E-state index in [4.69, 9.17) is 0 Å². The van der Waals surface area contributed by atoms with E-state index in [9.17, 15) is 122 Å². The Labute approximate surface area is 417 Å². The molecule has 0 aromatic rings. The van der Waals surface area contributed by atoms with Crippen LogP contribution in [0.2, 0.25) is 0 Å². The second-order valence-corrected chi connectivity index (χ2v) is 20.6. The van der Waals surface area contributed by atoms with E-state index in [1.807, 2.05) is 0 Å². The number of alkyl halides is 21. The van der Waals surface area contributed by atoms with Gasteiger partial charge in [-0.3, -0.25) is 14.4 Å². The van der Waals surface area contributed by atoms with Gasteiger partial charge in [0.2, 0.25) is 0 Å². The van der Waals surface area contributed by atoms with Gasteiger partial charge in [-0.2, -0.15) is 92.2 Å². The van der Waals surface area contributed by atoms with Crippen LogP contribution in [-0.4, -0.2) is 71.4 Å². The molecule has 6 nitrogen and oxygen atoms in total. The summed E-state index contributed by atoms with van der Waals surface area (Å²) in [5.74, 6) is -52.2. The molecule has 0 aliphatic heterocycles. The number of Topliss-reactive ketones (excluding diaryl/α,β-unsaturated/α-hetero) is 3. The number of hydrogen-bond donors (Lipinski definition) is 0. The molecular formula is C42H42F21O6Pr. The van der Waals surface area contributed by atoms with Crippen molar-refractivity contribution in [1.29, 1.82) is 0 Å². The minimum atomic E-state index is -6.60. The van der Waals surface area contributed by atoms with Crippen LogP contribution in [0.1, 0.15) is 101 Å². The average Bonchev–Trinajstić information content (AvgIpc) is 3.79. The molecule has 6 atom stereocenters. The summed E-state index contributed by atoms with van der Waals surface area (Å²) in [5.41, 5.74) is -9.87. The Morgan fingerprint density at radius 1 is 0.371 bits per heavy atom. The van der Waals surface area contributed by atoms with Gasteiger partial charge in [-0.15, -0.1) is 0 Å². The maximum atomic E-state index is 13.6. The first kappa shape index (κ1) is 61.8. The molecule has 0 N–H and O–H groups in total. The van der Waals surface area contributed by atoms with Gasteiger partial charge in [0, 0.05) is 16.2 Å². The first-order valence-electron chi connectivity index (χ1n) is 20.5. The topological polar surface area (TPSA) is 120 Å². The summed E-state index contributed by atoms with van der Waals surface area (Å²) >= 11 is 0. The molecule has 0 heterocycles. The fourth-order valence-electron chi connectivity index (χ4n) is 10.9. The van der Waals surface area contributed by atoms with Crippen LogP contribution >= 0.6 is 0 Å². The predicted molar refractivity (Wildman–Crippen MR) is 188 cm³/mol. The summed E-state index contributed by atoms with van der Waals surface area (Å²) in [6.07, 6.45) is -18.7. The Hall–Kier alpha value is -2.48. The third-order valence-electron chi connectivity index (χ3n) is 16.8. The van der Waals surface area contributed by atoms with E-state index in [-0.39, 0.29) is 79.8 Å². The molecule has 6 rings (SSSR count). The maximum absolute atomic E-state index is 13.6. The van der Waals surface area contributed by atoms with Gasteiger partial charge < -0.3 is 15.3 Å². The molecule has 396 valence electrons. The molecule has 0 radical (unpaired) electrons. The number of carbonyl (C=O) groups is 3. The molecular weight excluding hydrogens is 1140 g/mol. The van der Waals surface area contributed by atoms with E-state index in [1.54, 1.807) is 0 Å². The standard InChI is InChI=1S/3C14H15F7O2.Pr/c3*1-10(2)6-4-5-11(10,3)8(22)7(6)9(23)12(15,16)13(17,18)14(19,20)21;/h3*6,23H,4-5H2,1-3H3;/q;;;+3/p-3/b3*9-7+;. The number of hydrogen-bond acceptors (Lipinski definition) is 6. The smallest absolute Gasteiger partial charge is 0.871 e. The van der Waals surface area contributed by atoms with E-state index in [1.165, 1.54) is 62.3 Å². The minimum Gasteiger partial charge on any atom is -0.871 e. The van der Waals surface area contributed by atoms with Crippen LogP contribution in [-0.2, 0) is 14.4 Å². The van der Waals surface area contributed by atoms with E-state index in [0.717, 1.165) is 0 Å². The molecule has 6 aliphatic rings. The molecule has 6 aliphatic carbocycles. The molecule has 6 bridgehead atoms. The number of rotatable bonds is 6. The molecule has 0 saturated heterocycles. The van der Waals surface area contributed by atoms with Gasteiger partial charge in [-0.25, -0.2) is 0 Å². The third kappa shape index (κ3) is 7.84. The SMILES string of the molecule is CC12CCC(/C(=C(\[O-])C(F)(F)C(F)(F)C(F)(F)F)C1=O)C2(C)C.CC12CCC(/C(=C(\[O-])C(F)(F)C(F)(F)C(F)(F)F)C1=O)C2(C)C.CC12CCC(/C(=C(\[O-])C(F)(F)C(F)(F)C(F)(F)F)C1=O)C2(C)C.[Pr+3]. The van der Waals surface area contributed by atoms with Gasteiger partial charge in [-0.05, 0) is 107 Å². The zero-order chi connectivity index (χ0) is 54.7. The van der Waals surface area contributed by atoms with Crippen LogP contribution in [0.5, 0.6) is 0 Å². The summed E-state index contributed by atoms with van der Waals surface area (Å²) in [6, 6.07) is 0. The number of halogens is 21. The van der Waals surface area contributed by atoms with Crippen LogP contribution < -0.4 is 15.3 Å². The molecule has 70 heavy (non-hydrogen) atoms. The van der Waals surface area contributed by atoms with Crippen molar-refractivity contribution in [2.75, 3.05) is 0 Å². The van der Waals surface area contributed by atoms with Gasteiger partial charge in [0.25, 0.3) is 0 Å². The molecule has 0 aromatic heterocycles. The fraction of sp³-hybridized carbons (Fsp3) is 0.786. The Kier molecular flexibility index (Phi) is 15.0. The molecule has 6 unspecified atom stereocenters. The molecule has 28 heteroatoms. The third-order valence-corrected chi connectivity index (χ3v) is 16.8. The first-order chi connectivity index (χ1) is 30.1. The molecule has 0 aromatic carbocycles. The van der Waals surface area contributed by atoms with Crippen molar-refractivity contribution < 1.29 is 163 Å². The van der Waals surface area contributed by atoms with E-state index < -0.39 is 156 Å². The van der Waals surface area contributed by atoms with Crippen LogP contribution in [0, 0.1) is 91.5 Å². The van der Waals surface area contributed by atoms with Crippen molar-refractivity contribution in [3.63, 3.8) is 0 Å². The van der Waals surface area contributed by atoms with Gasteiger partial charge in [0.1, 0.15) is 0 Å². The van der Waals surface area contributed by atoms with Crippen molar-refractivity contribution in [1.82, 2.24) is 0 Å². The number of allylic oxidation sites excluding steroid dienone is 6. The number of carbonyl (C=O) groups excluding carboxylic acids is 3. The maximum Gasteiger partial charge on any atom is 3.00 e. The molecule has 0 spiro atoms. The van der Waals surface area contributed by atoms with Crippen molar-refractivity contribution in [2.24, 2.45) is 50.2 Å². The Bertz CT molecular complexity index is 2020. The summed E-state index contributed by atoms with van der Waals surface area (Å²) in [5, 5.41) is 35.4. The molecule has 0 amide bonds. The zero-order valence-electron chi connectivity index (χ0n) is 37.9. The van der Waals surface area contributed by atoms with Crippen LogP contribution in [0.15, 0.2) is 34.0 Å². The summed E-state index contributed by atoms with van der Waals surface area (Å²) in [7, 11) is 0. The van der Waals surface area contributed by atoms with Gasteiger partial charge >= 0.3 is 95.4 Å². The predicted octanol–water partition coefficient (Wildman–Crippen LogP) is 10.4. The van der Waals surface area contributed by atoms with E-state index >= 15 is 0 Å². The van der Waals surface area contributed by atoms with Crippen molar-refractivity contribution >= 4 is 17.3 Å². The Morgan fingerprint density at radius 2 is 0.529 bits per heavy atom. The van der Waals surface area contributed by atoms with Crippen molar-refractivity contribution in [2.45, 2.75) is 155 Å². The minimum absolute atomic E-state index is 0. The van der Waals surface area contributed by atoms with E-state index in [0.29, 0.717) is 0 Å². The largest absolute Gasteiger partial charge is 3.00 e. The Morgan fingerprint density at radius 3 is 0.643 bits per heavy atom. The monoisotopic (exact) mass is 1180 g/mol. The second kappa shape index (κ2) is 17.0. The van der Waals surface area contributed by atoms with E-state index in [2.05, 4.69) is 0 Å². The van der Waals surface area contributed by atoms with Crippen LogP contribution in [0.3, 0.4) is 0 Å². The number of ketones is 3.